The summed E-state index contributed by atoms with van der Waals surface area (Å²) in [4.78, 5) is 20.3. The zero-order valence-corrected chi connectivity index (χ0v) is 14.3. The van der Waals surface area contributed by atoms with Crippen LogP contribution in [0.3, 0.4) is 0 Å². The van der Waals surface area contributed by atoms with E-state index < -0.39 is 0 Å². The summed E-state index contributed by atoms with van der Waals surface area (Å²) >= 11 is 6.18. The largest absolute Gasteiger partial charge is 0.354 e. The number of halogens is 1. The van der Waals surface area contributed by atoms with E-state index in [-0.39, 0.29) is 6.04 Å². The molecule has 3 rings (SSSR count). The Morgan fingerprint density at radius 2 is 1.83 bits per heavy atom. The van der Waals surface area contributed by atoms with E-state index in [1.807, 2.05) is 42.6 Å². The van der Waals surface area contributed by atoms with E-state index in [2.05, 4.69) is 20.0 Å². The minimum absolute atomic E-state index is 0.382. The number of hydrogen-bond donors (Lipinski definition) is 0. The normalized spacial score (nSPS) is 16.8. The Bertz CT molecular complexity index is 659. The Morgan fingerprint density at radius 3 is 2.50 bits per heavy atom. The molecule has 24 heavy (non-hydrogen) atoms. The molecule has 0 aliphatic carbocycles. The number of aromatic nitrogens is 1. The maximum Gasteiger partial charge on any atom is 0.128 e. The van der Waals surface area contributed by atoms with Crippen LogP contribution in [0.2, 0.25) is 5.02 Å². The first kappa shape index (κ1) is 16.9. The standard InChI is InChI=1S/C18H21ClN4O/c19-16-6-2-1-5-15(16)17(21-24)8-10-22-11-13-23(14-12-22)18-7-3-4-9-20-18/h1-7,9,17H,8,10-14H2. The van der Waals surface area contributed by atoms with Crippen LogP contribution < -0.4 is 4.90 Å². The van der Waals surface area contributed by atoms with E-state index in [1.165, 1.54) is 0 Å². The Labute approximate surface area is 147 Å². The number of hydrogen-bond acceptors (Lipinski definition) is 5. The Balaban J connectivity index is 1.51. The fraction of sp³-hybridized carbons (Fsp3) is 0.389. The highest BCUT2D eigenvalue weighted by molar-refractivity contribution is 6.31. The van der Waals surface area contributed by atoms with E-state index in [0.717, 1.165) is 44.1 Å². The number of anilines is 1. The molecule has 0 N–H and O–H groups in total. The number of nitroso groups, excluding NO2 is 1. The molecule has 126 valence electrons. The summed E-state index contributed by atoms with van der Waals surface area (Å²) in [5, 5.41) is 3.90. The van der Waals surface area contributed by atoms with Gasteiger partial charge in [0.1, 0.15) is 11.9 Å². The van der Waals surface area contributed by atoms with Crippen molar-refractivity contribution in [3.63, 3.8) is 0 Å². The molecule has 1 aromatic heterocycles. The van der Waals surface area contributed by atoms with Crippen molar-refractivity contribution in [1.82, 2.24) is 9.88 Å². The molecular formula is C18H21ClN4O. The summed E-state index contributed by atoms with van der Waals surface area (Å²) < 4.78 is 0. The fourth-order valence-corrected chi connectivity index (χ4v) is 3.32. The highest BCUT2D eigenvalue weighted by atomic mass is 35.5. The van der Waals surface area contributed by atoms with Crippen LogP contribution in [0.5, 0.6) is 0 Å². The van der Waals surface area contributed by atoms with Gasteiger partial charge in [0.15, 0.2) is 0 Å². The van der Waals surface area contributed by atoms with Gasteiger partial charge in [-0.05, 0) is 30.2 Å². The second kappa shape index (κ2) is 8.22. The van der Waals surface area contributed by atoms with Crippen LogP contribution in [0.1, 0.15) is 18.0 Å². The fourth-order valence-electron chi connectivity index (χ4n) is 3.06. The average molecular weight is 345 g/mol. The van der Waals surface area contributed by atoms with Gasteiger partial charge in [0, 0.05) is 43.9 Å². The quantitative estimate of drug-likeness (QED) is 0.749. The van der Waals surface area contributed by atoms with Gasteiger partial charge in [-0.3, -0.25) is 4.90 Å². The van der Waals surface area contributed by atoms with Crippen LogP contribution in [0.4, 0.5) is 5.82 Å². The summed E-state index contributed by atoms with van der Waals surface area (Å²) in [5.41, 5.74) is 0.821. The second-order valence-corrected chi connectivity index (χ2v) is 6.36. The number of nitrogens with zero attached hydrogens (tertiary/aromatic N) is 4. The summed E-state index contributed by atoms with van der Waals surface area (Å²) in [7, 11) is 0. The van der Waals surface area contributed by atoms with E-state index in [9.17, 15) is 4.91 Å². The lowest BCUT2D eigenvalue weighted by Gasteiger charge is -2.35. The molecule has 0 amide bonds. The van der Waals surface area contributed by atoms with Crippen LogP contribution in [0, 0.1) is 4.91 Å². The number of rotatable bonds is 6. The molecule has 1 aliphatic heterocycles. The minimum atomic E-state index is -0.382. The van der Waals surface area contributed by atoms with E-state index >= 15 is 0 Å². The summed E-state index contributed by atoms with van der Waals surface area (Å²) in [6.07, 6.45) is 2.52. The molecule has 0 saturated carbocycles. The average Bonchev–Trinajstić information content (AvgIpc) is 2.65. The van der Waals surface area contributed by atoms with Crippen molar-refractivity contribution in [2.45, 2.75) is 12.5 Å². The van der Waals surface area contributed by atoms with Crippen molar-refractivity contribution in [3.05, 3.63) is 64.2 Å². The molecule has 6 heteroatoms. The second-order valence-electron chi connectivity index (χ2n) is 5.95. The van der Waals surface area contributed by atoms with Gasteiger partial charge >= 0.3 is 0 Å². The van der Waals surface area contributed by atoms with E-state index in [4.69, 9.17) is 11.6 Å². The first-order valence-corrected chi connectivity index (χ1v) is 8.61. The van der Waals surface area contributed by atoms with Gasteiger partial charge in [-0.2, -0.15) is 4.91 Å². The third kappa shape index (κ3) is 4.10. The monoisotopic (exact) mass is 344 g/mol. The molecule has 0 radical (unpaired) electrons. The lowest BCUT2D eigenvalue weighted by atomic mass is 10.0. The van der Waals surface area contributed by atoms with Crippen LogP contribution in [0.15, 0.2) is 53.8 Å². The molecule has 0 spiro atoms. The first-order valence-electron chi connectivity index (χ1n) is 8.23. The van der Waals surface area contributed by atoms with Gasteiger partial charge in [0.2, 0.25) is 0 Å². The Hall–Kier alpha value is -1.98. The summed E-state index contributed by atoms with van der Waals surface area (Å²) in [5.74, 6) is 1.03. The van der Waals surface area contributed by atoms with Crippen molar-refractivity contribution < 1.29 is 0 Å². The van der Waals surface area contributed by atoms with Crippen molar-refractivity contribution >= 4 is 17.4 Å². The Morgan fingerprint density at radius 1 is 1.08 bits per heavy atom. The van der Waals surface area contributed by atoms with Crippen LogP contribution >= 0.6 is 11.6 Å². The topological polar surface area (TPSA) is 48.8 Å². The molecule has 5 nitrogen and oxygen atoms in total. The number of piperazine rings is 1. The van der Waals surface area contributed by atoms with Gasteiger partial charge in [0.25, 0.3) is 0 Å². The van der Waals surface area contributed by atoms with Crippen molar-refractivity contribution in [3.8, 4) is 0 Å². The molecule has 1 fully saturated rings. The van der Waals surface area contributed by atoms with Gasteiger partial charge in [-0.25, -0.2) is 4.98 Å². The van der Waals surface area contributed by atoms with Gasteiger partial charge in [0.05, 0.1) is 0 Å². The van der Waals surface area contributed by atoms with Crippen LogP contribution in [0.25, 0.3) is 0 Å². The van der Waals surface area contributed by atoms with Crippen molar-refractivity contribution in [2.75, 3.05) is 37.6 Å². The lowest BCUT2D eigenvalue weighted by Crippen LogP contribution is -2.47. The minimum Gasteiger partial charge on any atom is -0.354 e. The molecule has 2 aromatic rings. The maximum absolute atomic E-state index is 11.2. The van der Waals surface area contributed by atoms with Crippen LogP contribution in [-0.2, 0) is 0 Å². The smallest absolute Gasteiger partial charge is 0.128 e. The number of pyridine rings is 1. The molecular weight excluding hydrogens is 324 g/mol. The summed E-state index contributed by atoms with van der Waals surface area (Å²) in [6.45, 7) is 4.66. The predicted octanol–water partition coefficient (Wildman–Crippen LogP) is 3.75. The van der Waals surface area contributed by atoms with Gasteiger partial charge < -0.3 is 4.90 Å². The third-order valence-electron chi connectivity index (χ3n) is 4.46. The zero-order chi connectivity index (χ0) is 16.8. The highest BCUT2D eigenvalue weighted by Gasteiger charge is 2.20. The SMILES string of the molecule is O=NC(CCN1CCN(c2ccccn2)CC1)c1ccccc1Cl. The molecule has 0 bridgehead atoms. The molecule has 1 saturated heterocycles. The zero-order valence-electron chi connectivity index (χ0n) is 13.5. The van der Waals surface area contributed by atoms with Crippen molar-refractivity contribution in [2.24, 2.45) is 5.18 Å². The van der Waals surface area contributed by atoms with Crippen molar-refractivity contribution in [1.29, 1.82) is 0 Å². The molecule has 1 aromatic carbocycles. The number of benzene rings is 1. The lowest BCUT2D eigenvalue weighted by molar-refractivity contribution is 0.248. The van der Waals surface area contributed by atoms with Gasteiger partial charge in [-0.1, -0.05) is 41.0 Å². The molecule has 1 atom stereocenters. The highest BCUT2D eigenvalue weighted by Crippen LogP contribution is 2.28. The van der Waals surface area contributed by atoms with E-state index in [1.54, 1.807) is 6.07 Å². The third-order valence-corrected chi connectivity index (χ3v) is 4.80. The summed E-state index contributed by atoms with van der Waals surface area (Å²) in [6, 6.07) is 13.1. The van der Waals surface area contributed by atoms with Gasteiger partial charge in [-0.15, -0.1) is 0 Å². The maximum atomic E-state index is 11.2. The molecule has 2 heterocycles. The predicted molar refractivity (Wildman–Crippen MR) is 97.5 cm³/mol. The molecule has 1 unspecified atom stereocenters. The molecule has 1 aliphatic rings. The van der Waals surface area contributed by atoms with Crippen LogP contribution in [-0.4, -0.2) is 42.6 Å². The van der Waals surface area contributed by atoms with E-state index in [0.29, 0.717) is 11.4 Å². The first-order chi connectivity index (χ1) is 11.8. The Kier molecular flexibility index (Phi) is 5.77.